The van der Waals surface area contributed by atoms with Crippen molar-refractivity contribution in [2.45, 2.75) is 0 Å². The summed E-state index contributed by atoms with van der Waals surface area (Å²) in [6.45, 7) is 0. The summed E-state index contributed by atoms with van der Waals surface area (Å²) in [5.74, 6) is 4.81. The minimum atomic E-state index is -0.248. The first kappa shape index (κ1) is 9.64. The molecule has 14 heavy (non-hydrogen) atoms. The number of carbonyl (C=O) groups excluding carboxylic acids is 1. The standard InChI is InChI=1S/C9H7BrN2OS/c10-6-2-1-5-3-8(9(13)12-11)14-7(5)4-6/h1-4H,11H2,(H,12,13). The van der Waals surface area contributed by atoms with Crippen molar-refractivity contribution in [3.8, 4) is 0 Å². The number of nitrogens with one attached hydrogen (secondary N) is 1. The van der Waals surface area contributed by atoms with Crippen LogP contribution in [0.15, 0.2) is 28.7 Å². The van der Waals surface area contributed by atoms with Gasteiger partial charge in [0.15, 0.2) is 0 Å². The molecule has 0 bridgehead atoms. The highest BCUT2D eigenvalue weighted by Gasteiger charge is 2.08. The summed E-state index contributed by atoms with van der Waals surface area (Å²) in [7, 11) is 0. The number of hydrogen-bond acceptors (Lipinski definition) is 3. The fourth-order valence-corrected chi connectivity index (χ4v) is 2.71. The Hall–Kier alpha value is -0.910. The summed E-state index contributed by atoms with van der Waals surface area (Å²) in [5.41, 5.74) is 2.12. The molecular formula is C9H7BrN2OS. The molecule has 2 aromatic rings. The van der Waals surface area contributed by atoms with Crippen molar-refractivity contribution in [3.05, 3.63) is 33.6 Å². The molecule has 0 aliphatic heterocycles. The van der Waals surface area contributed by atoms with Gasteiger partial charge in [0.1, 0.15) is 0 Å². The molecule has 3 nitrogen and oxygen atoms in total. The highest BCUT2D eigenvalue weighted by atomic mass is 79.9. The van der Waals surface area contributed by atoms with E-state index >= 15 is 0 Å². The number of benzene rings is 1. The van der Waals surface area contributed by atoms with Crippen LogP contribution in [0.2, 0.25) is 0 Å². The topological polar surface area (TPSA) is 55.1 Å². The number of hydrazine groups is 1. The number of carbonyl (C=O) groups is 1. The predicted octanol–water partition coefficient (Wildman–Crippen LogP) is 2.27. The predicted molar refractivity (Wildman–Crippen MR) is 61.2 cm³/mol. The fourth-order valence-electron chi connectivity index (χ4n) is 1.19. The van der Waals surface area contributed by atoms with Gasteiger partial charge in [-0.3, -0.25) is 10.2 Å². The second kappa shape index (κ2) is 3.68. The van der Waals surface area contributed by atoms with E-state index in [-0.39, 0.29) is 5.91 Å². The van der Waals surface area contributed by atoms with Gasteiger partial charge in [0, 0.05) is 9.17 Å². The Morgan fingerprint density at radius 1 is 1.43 bits per heavy atom. The minimum absolute atomic E-state index is 0.248. The average Bonchev–Trinajstić information content (AvgIpc) is 2.59. The van der Waals surface area contributed by atoms with Gasteiger partial charge in [-0.25, -0.2) is 5.84 Å². The van der Waals surface area contributed by atoms with Crippen molar-refractivity contribution in [1.29, 1.82) is 0 Å². The van der Waals surface area contributed by atoms with E-state index in [1.165, 1.54) is 11.3 Å². The summed E-state index contributed by atoms with van der Waals surface area (Å²) < 4.78 is 2.07. The van der Waals surface area contributed by atoms with E-state index in [1.54, 1.807) is 0 Å². The van der Waals surface area contributed by atoms with E-state index in [0.29, 0.717) is 4.88 Å². The number of nitrogens with two attached hydrogens (primary N) is 1. The van der Waals surface area contributed by atoms with Gasteiger partial charge in [-0.2, -0.15) is 0 Å². The molecule has 5 heteroatoms. The summed E-state index contributed by atoms with van der Waals surface area (Å²) in [6.07, 6.45) is 0. The molecule has 1 heterocycles. The molecule has 72 valence electrons. The number of rotatable bonds is 1. The number of amides is 1. The Kier molecular flexibility index (Phi) is 2.54. The molecule has 0 unspecified atom stereocenters. The number of fused-ring (bicyclic) bond motifs is 1. The van der Waals surface area contributed by atoms with Crippen LogP contribution < -0.4 is 11.3 Å². The lowest BCUT2D eigenvalue weighted by atomic mass is 10.2. The third-order valence-electron chi connectivity index (χ3n) is 1.84. The van der Waals surface area contributed by atoms with Crippen LogP contribution >= 0.6 is 27.3 Å². The number of halogens is 1. The summed E-state index contributed by atoms with van der Waals surface area (Å²) in [5, 5.41) is 1.05. The Labute approximate surface area is 93.0 Å². The SMILES string of the molecule is NNC(=O)c1cc2ccc(Br)cc2s1. The van der Waals surface area contributed by atoms with E-state index in [2.05, 4.69) is 21.4 Å². The maximum absolute atomic E-state index is 11.2. The van der Waals surface area contributed by atoms with Gasteiger partial charge in [0.25, 0.3) is 5.91 Å². The van der Waals surface area contributed by atoms with E-state index in [9.17, 15) is 4.79 Å². The number of hydrogen-bond donors (Lipinski definition) is 2. The molecule has 0 spiro atoms. The van der Waals surface area contributed by atoms with Crippen LogP contribution in [0.25, 0.3) is 10.1 Å². The lowest BCUT2D eigenvalue weighted by molar-refractivity contribution is 0.0958. The first-order valence-electron chi connectivity index (χ1n) is 3.91. The molecule has 0 radical (unpaired) electrons. The molecule has 0 atom stereocenters. The third kappa shape index (κ3) is 1.66. The van der Waals surface area contributed by atoms with Crippen molar-refractivity contribution >= 4 is 43.3 Å². The van der Waals surface area contributed by atoms with Gasteiger partial charge in [0.2, 0.25) is 0 Å². The molecule has 1 aromatic carbocycles. The van der Waals surface area contributed by atoms with Crippen molar-refractivity contribution in [3.63, 3.8) is 0 Å². The van der Waals surface area contributed by atoms with Crippen LogP contribution in [-0.4, -0.2) is 5.91 Å². The highest BCUT2D eigenvalue weighted by molar-refractivity contribution is 9.10. The van der Waals surface area contributed by atoms with Crippen LogP contribution in [0.3, 0.4) is 0 Å². The Balaban J connectivity index is 2.56. The third-order valence-corrected chi connectivity index (χ3v) is 3.43. The van der Waals surface area contributed by atoms with Crippen LogP contribution in [0.1, 0.15) is 9.67 Å². The summed E-state index contributed by atoms with van der Waals surface area (Å²) >= 11 is 4.80. The molecule has 0 aliphatic carbocycles. The molecule has 3 N–H and O–H groups in total. The van der Waals surface area contributed by atoms with E-state index in [0.717, 1.165) is 14.6 Å². The highest BCUT2D eigenvalue weighted by Crippen LogP contribution is 2.28. The minimum Gasteiger partial charge on any atom is -0.289 e. The maximum Gasteiger partial charge on any atom is 0.275 e. The molecular weight excluding hydrogens is 264 g/mol. The van der Waals surface area contributed by atoms with Gasteiger partial charge in [-0.05, 0) is 23.6 Å². The van der Waals surface area contributed by atoms with Gasteiger partial charge in [0.05, 0.1) is 4.88 Å². The zero-order valence-electron chi connectivity index (χ0n) is 7.08. The van der Waals surface area contributed by atoms with Crippen LogP contribution in [0.4, 0.5) is 0 Å². The van der Waals surface area contributed by atoms with E-state index < -0.39 is 0 Å². The Morgan fingerprint density at radius 3 is 2.93 bits per heavy atom. The van der Waals surface area contributed by atoms with E-state index in [1.807, 2.05) is 24.3 Å². The van der Waals surface area contributed by atoms with Crippen molar-refractivity contribution in [2.75, 3.05) is 0 Å². The van der Waals surface area contributed by atoms with Crippen LogP contribution in [0.5, 0.6) is 0 Å². The first-order valence-corrected chi connectivity index (χ1v) is 5.51. The quantitative estimate of drug-likeness (QED) is 0.475. The smallest absolute Gasteiger partial charge is 0.275 e. The monoisotopic (exact) mass is 270 g/mol. The van der Waals surface area contributed by atoms with Gasteiger partial charge >= 0.3 is 0 Å². The summed E-state index contributed by atoms with van der Waals surface area (Å²) in [4.78, 5) is 11.9. The molecule has 0 saturated carbocycles. The molecule has 2 rings (SSSR count). The lowest BCUT2D eigenvalue weighted by Gasteiger charge is -1.90. The van der Waals surface area contributed by atoms with Crippen LogP contribution in [-0.2, 0) is 0 Å². The van der Waals surface area contributed by atoms with Gasteiger partial charge < -0.3 is 0 Å². The Morgan fingerprint density at radius 2 is 2.21 bits per heavy atom. The van der Waals surface area contributed by atoms with Crippen molar-refractivity contribution in [2.24, 2.45) is 5.84 Å². The maximum atomic E-state index is 11.2. The average molecular weight is 271 g/mol. The van der Waals surface area contributed by atoms with Gasteiger partial charge in [-0.1, -0.05) is 22.0 Å². The van der Waals surface area contributed by atoms with Gasteiger partial charge in [-0.15, -0.1) is 11.3 Å². The largest absolute Gasteiger partial charge is 0.289 e. The number of thiophene rings is 1. The second-order valence-electron chi connectivity index (χ2n) is 2.77. The second-order valence-corrected chi connectivity index (χ2v) is 4.77. The van der Waals surface area contributed by atoms with E-state index in [4.69, 9.17) is 5.84 Å². The Bertz CT molecular complexity index is 495. The van der Waals surface area contributed by atoms with Crippen molar-refractivity contribution < 1.29 is 4.79 Å². The summed E-state index contributed by atoms with van der Waals surface area (Å²) in [6, 6.07) is 7.71. The molecule has 0 aliphatic rings. The number of nitrogen functional groups attached to an aromatic ring is 1. The van der Waals surface area contributed by atoms with Crippen molar-refractivity contribution in [1.82, 2.24) is 5.43 Å². The molecule has 1 aromatic heterocycles. The van der Waals surface area contributed by atoms with Crippen LogP contribution in [0, 0.1) is 0 Å². The molecule has 0 saturated heterocycles. The molecule has 1 amide bonds. The zero-order valence-corrected chi connectivity index (χ0v) is 9.48. The first-order chi connectivity index (χ1) is 6.70. The zero-order chi connectivity index (χ0) is 10.1. The normalized spacial score (nSPS) is 10.4. The lowest BCUT2D eigenvalue weighted by Crippen LogP contribution is -2.29. The molecule has 0 fully saturated rings. The fraction of sp³-hybridized carbons (Fsp3) is 0.